The van der Waals surface area contributed by atoms with Gasteiger partial charge in [0.25, 0.3) is 0 Å². The van der Waals surface area contributed by atoms with Gasteiger partial charge in [-0.05, 0) is 38.1 Å². The van der Waals surface area contributed by atoms with Crippen molar-refractivity contribution in [2.24, 2.45) is 0 Å². The minimum Gasteiger partial charge on any atom is -0.494 e. The van der Waals surface area contributed by atoms with Crippen LogP contribution in [-0.2, 0) is 9.53 Å². The number of hydrogen-bond donors (Lipinski definition) is 0. The Morgan fingerprint density at radius 1 is 1.18 bits per heavy atom. The lowest BCUT2D eigenvalue weighted by molar-refractivity contribution is -0.141. The topological polar surface area (TPSA) is 38.8 Å². The fourth-order valence-electron chi connectivity index (χ4n) is 1.46. The maximum absolute atomic E-state index is 11.3. The maximum Gasteiger partial charge on any atom is 0.325 e. The summed E-state index contributed by atoms with van der Waals surface area (Å²) in [5.74, 6) is 0.615. The van der Waals surface area contributed by atoms with E-state index in [1.54, 1.807) is 6.92 Å². The van der Waals surface area contributed by atoms with Crippen LogP contribution >= 0.6 is 0 Å². The van der Waals surface area contributed by atoms with E-state index in [9.17, 15) is 4.79 Å². The first-order chi connectivity index (χ1) is 8.17. The molecule has 1 aromatic rings. The Morgan fingerprint density at radius 2 is 1.82 bits per heavy atom. The predicted molar refractivity (Wildman–Crippen MR) is 67.5 cm³/mol. The SMILES string of the molecule is CCOC(=O)CN(C)c1ccc(OCC)cc1. The number of ether oxygens (including phenoxy) is 2. The van der Waals surface area contributed by atoms with E-state index in [1.165, 1.54) is 0 Å². The second kappa shape index (κ2) is 6.78. The number of hydrogen-bond acceptors (Lipinski definition) is 4. The smallest absolute Gasteiger partial charge is 0.325 e. The molecule has 0 spiro atoms. The molecule has 0 heterocycles. The molecule has 4 heteroatoms. The highest BCUT2D eigenvalue weighted by Crippen LogP contribution is 2.18. The largest absolute Gasteiger partial charge is 0.494 e. The third-order valence-corrected chi connectivity index (χ3v) is 2.26. The third-order valence-electron chi connectivity index (χ3n) is 2.26. The van der Waals surface area contributed by atoms with E-state index >= 15 is 0 Å². The second-order valence-electron chi connectivity index (χ2n) is 3.59. The van der Waals surface area contributed by atoms with Gasteiger partial charge in [0, 0.05) is 12.7 Å². The molecule has 0 aliphatic heterocycles. The van der Waals surface area contributed by atoms with E-state index in [0.29, 0.717) is 13.2 Å². The van der Waals surface area contributed by atoms with Crippen molar-refractivity contribution in [2.75, 3.05) is 31.7 Å². The average Bonchev–Trinajstić information content (AvgIpc) is 2.30. The van der Waals surface area contributed by atoms with Crippen LogP contribution in [0.1, 0.15) is 13.8 Å². The molecule has 0 saturated heterocycles. The van der Waals surface area contributed by atoms with Gasteiger partial charge in [0.05, 0.1) is 13.2 Å². The van der Waals surface area contributed by atoms with Crippen LogP contribution in [0.25, 0.3) is 0 Å². The van der Waals surface area contributed by atoms with Gasteiger partial charge < -0.3 is 14.4 Å². The summed E-state index contributed by atoms with van der Waals surface area (Å²) in [6.45, 7) is 5.06. The summed E-state index contributed by atoms with van der Waals surface area (Å²) in [4.78, 5) is 13.1. The minimum atomic E-state index is -0.219. The van der Waals surface area contributed by atoms with Crippen molar-refractivity contribution in [1.29, 1.82) is 0 Å². The van der Waals surface area contributed by atoms with Crippen LogP contribution in [0.4, 0.5) is 5.69 Å². The third kappa shape index (κ3) is 4.34. The number of esters is 1. The molecule has 1 aromatic carbocycles. The zero-order chi connectivity index (χ0) is 12.7. The summed E-state index contributed by atoms with van der Waals surface area (Å²) < 4.78 is 10.2. The van der Waals surface area contributed by atoms with Gasteiger partial charge in [-0.3, -0.25) is 4.79 Å². The predicted octanol–water partition coefficient (Wildman–Crippen LogP) is 2.08. The fraction of sp³-hybridized carbons (Fsp3) is 0.462. The zero-order valence-electron chi connectivity index (χ0n) is 10.6. The fourth-order valence-corrected chi connectivity index (χ4v) is 1.46. The number of benzene rings is 1. The van der Waals surface area contributed by atoms with Crippen LogP contribution in [0.5, 0.6) is 5.75 Å². The number of anilines is 1. The normalized spacial score (nSPS) is 9.82. The highest BCUT2D eigenvalue weighted by molar-refractivity contribution is 5.75. The zero-order valence-corrected chi connectivity index (χ0v) is 10.6. The van der Waals surface area contributed by atoms with Gasteiger partial charge in [0.1, 0.15) is 12.3 Å². The summed E-state index contributed by atoms with van der Waals surface area (Å²) in [6, 6.07) is 7.62. The van der Waals surface area contributed by atoms with Crippen LogP contribution in [0.2, 0.25) is 0 Å². The first-order valence-electron chi connectivity index (χ1n) is 5.77. The molecule has 0 amide bonds. The Balaban J connectivity index is 2.56. The molecule has 0 fully saturated rings. The molecule has 0 bridgehead atoms. The molecule has 0 aromatic heterocycles. The Labute approximate surface area is 102 Å². The molecular weight excluding hydrogens is 218 g/mol. The summed E-state index contributed by atoms with van der Waals surface area (Å²) in [5.41, 5.74) is 0.960. The molecule has 0 aliphatic rings. The van der Waals surface area contributed by atoms with Crippen molar-refractivity contribution >= 4 is 11.7 Å². The Morgan fingerprint density at radius 3 is 2.35 bits per heavy atom. The average molecular weight is 237 g/mol. The molecule has 17 heavy (non-hydrogen) atoms. The van der Waals surface area contributed by atoms with Crippen LogP contribution in [0.3, 0.4) is 0 Å². The highest BCUT2D eigenvalue weighted by atomic mass is 16.5. The van der Waals surface area contributed by atoms with Gasteiger partial charge in [0.15, 0.2) is 0 Å². The second-order valence-corrected chi connectivity index (χ2v) is 3.59. The summed E-state index contributed by atoms with van der Waals surface area (Å²) in [5, 5.41) is 0. The molecular formula is C13H19NO3. The number of rotatable bonds is 6. The molecule has 1 rings (SSSR count). The van der Waals surface area contributed by atoms with E-state index in [1.807, 2.05) is 43.1 Å². The molecule has 0 unspecified atom stereocenters. The molecule has 0 atom stereocenters. The minimum absolute atomic E-state index is 0.219. The lowest BCUT2D eigenvalue weighted by Crippen LogP contribution is -2.26. The van der Waals surface area contributed by atoms with Crippen LogP contribution < -0.4 is 9.64 Å². The lowest BCUT2D eigenvalue weighted by Gasteiger charge is -2.18. The molecule has 0 N–H and O–H groups in total. The standard InChI is InChI=1S/C13H19NO3/c1-4-16-12-8-6-11(7-9-12)14(3)10-13(15)17-5-2/h6-9H,4-5,10H2,1-3H3. The summed E-state index contributed by atoms with van der Waals surface area (Å²) in [6.07, 6.45) is 0. The van der Waals surface area contributed by atoms with Crippen molar-refractivity contribution < 1.29 is 14.3 Å². The Hall–Kier alpha value is -1.71. The van der Waals surface area contributed by atoms with E-state index in [2.05, 4.69) is 0 Å². The van der Waals surface area contributed by atoms with E-state index in [-0.39, 0.29) is 12.5 Å². The first-order valence-corrected chi connectivity index (χ1v) is 5.77. The summed E-state index contributed by atoms with van der Waals surface area (Å²) >= 11 is 0. The number of carbonyl (C=O) groups excluding carboxylic acids is 1. The first kappa shape index (κ1) is 13.4. The van der Waals surface area contributed by atoms with Gasteiger partial charge in [-0.15, -0.1) is 0 Å². The van der Waals surface area contributed by atoms with Crippen molar-refractivity contribution in [3.05, 3.63) is 24.3 Å². The van der Waals surface area contributed by atoms with Crippen molar-refractivity contribution in [3.8, 4) is 5.75 Å². The monoisotopic (exact) mass is 237 g/mol. The van der Waals surface area contributed by atoms with Crippen molar-refractivity contribution in [3.63, 3.8) is 0 Å². The molecule has 0 saturated carbocycles. The molecule has 4 nitrogen and oxygen atoms in total. The van der Waals surface area contributed by atoms with Gasteiger partial charge in [-0.2, -0.15) is 0 Å². The molecule has 0 aliphatic carbocycles. The Kier molecular flexibility index (Phi) is 5.33. The Bertz CT molecular complexity index is 348. The van der Waals surface area contributed by atoms with Gasteiger partial charge in [-0.1, -0.05) is 0 Å². The molecule has 94 valence electrons. The van der Waals surface area contributed by atoms with Gasteiger partial charge >= 0.3 is 5.97 Å². The quantitative estimate of drug-likeness (QED) is 0.710. The summed E-state index contributed by atoms with van der Waals surface area (Å²) in [7, 11) is 1.85. The van der Waals surface area contributed by atoms with Crippen LogP contribution in [0, 0.1) is 0 Å². The van der Waals surface area contributed by atoms with Crippen molar-refractivity contribution in [2.45, 2.75) is 13.8 Å². The van der Waals surface area contributed by atoms with E-state index in [4.69, 9.17) is 9.47 Å². The molecule has 0 radical (unpaired) electrons. The van der Waals surface area contributed by atoms with Gasteiger partial charge in [0.2, 0.25) is 0 Å². The number of likely N-dealkylation sites (N-methyl/N-ethyl adjacent to an activating group) is 1. The highest BCUT2D eigenvalue weighted by Gasteiger charge is 2.07. The van der Waals surface area contributed by atoms with E-state index in [0.717, 1.165) is 11.4 Å². The number of carbonyl (C=O) groups is 1. The number of nitrogens with zero attached hydrogens (tertiary/aromatic N) is 1. The van der Waals surface area contributed by atoms with Gasteiger partial charge in [-0.25, -0.2) is 0 Å². The maximum atomic E-state index is 11.3. The van der Waals surface area contributed by atoms with Crippen LogP contribution in [-0.4, -0.2) is 32.8 Å². The van der Waals surface area contributed by atoms with Crippen molar-refractivity contribution in [1.82, 2.24) is 0 Å². The van der Waals surface area contributed by atoms with E-state index < -0.39 is 0 Å². The lowest BCUT2D eigenvalue weighted by atomic mass is 10.3. The van der Waals surface area contributed by atoms with Crippen LogP contribution in [0.15, 0.2) is 24.3 Å².